The van der Waals surface area contributed by atoms with Crippen molar-refractivity contribution in [2.75, 3.05) is 6.26 Å². The first-order chi connectivity index (χ1) is 6.42. The highest BCUT2D eigenvalue weighted by Crippen LogP contribution is 2.22. The minimum Gasteiger partial charge on any atom is -0.212 e. The Bertz CT molecular complexity index is 431. The molecule has 0 aliphatic heterocycles. The zero-order chi connectivity index (χ0) is 10.8. The van der Waals surface area contributed by atoms with Crippen molar-refractivity contribution in [1.82, 2.24) is 0 Å². The van der Waals surface area contributed by atoms with Crippen molar-refractivity contribution in [3.63, 3.8) is 0 Å². The summed E-state index contributed by atoms with van der Waals surface area (Å²) in [6, 6.07) is 4.14. The van der Waals surface area contributed by atoms with Crippen LogP contribution >= 0.6 is 22.4 Å². The average Bonchev–Trinajstić information content (AvgIpc) is 2.06. The van der Waals surface area contributed by atoms with Crippen molar-refractivity contribution in [1.29, 1.82) is 0 Å². The average molecular weight is 255 g/mol. The molecule has 0 radical (unpaired) electrons. The molecule has 0 aliphatic carbocycles. The Kier molecular flexibility index (Phi) is 3.80. The summed E-state index contributed by atoms with van der Waals surface area (Å²) in [6.45, 7) is 0. The predicted octanol–water partition coefficient (Wildman–Crippen LogP) is 2.62. The van der Waals surface area contributed by atoms with Gasteiger partial charge in [0, 0.05) is 15.6 Å². The van der Waals surface area contributed by atoms with Gasteiger partial charge >= 0.3 is 0 Å². The van der Waals surface area contributed by atoms with Crippen molar-refractivity contribution in [3.05, 3.63) is 29.6 Å². The van der Waals surface area contributed by atoms with E-state index in [9.17, 15) is 12.8 Å². The molecule has 0 aromatic heterocycles. The second-order valence-corrected chi connectivity index (χ2v) is 6.28. The van der Waals surface area contributed by atoms with E-state index in [1.54, 1.807) is 6.26 Å². The second kappa shape index (κ2) is 4.51. The van der Waals surface area contributed by atoms with Crippen molar-refractivity contribution in [2.45, 2.75) is 10.6 Å². The van der Waals surface area contributed by atoms with E-state index in [2.05, 4.69) is 0 Å². The first-order valence-electron chi connectivity index (χ1n) is 3.67. The fourth-order valence-corrected chi connectivity index (χ4v) is 2.48. The van der Waals surface area contributed by atoms with Crippen LogP contribution < -0.4 is 0 Å². The first-order valence-corrected chi connectivity index (χ1v) is 7.37. The number of halogens is 2. The largest absolute Gasteiger partial charge is 0.236 e. The number of rotatable bonds is 3. The van der Waals surface area contributed by atoms with Crippen molar-refractivity contribution < 1.29 is 12.8 Å². The minimum atomic E-state index is -3.57. The van der Waals surface area contributed by atoms with Crippen LogP contribution in [0.25, 0.3) is 0 Å². The summed E-state index contributed by atoms with van der Waals surface area (Å²) in [7, 11) is 1.50. The Balaban J connectivity index is 3.01. The van der Waals surface area contributed by atoms with Crippen LogP contribution in [0.1, 0.15) is 5.56 Å². The standard InChI is InChI=1S/C8H8ClFO2S2/c1-13-8-4-6(2-3-7(8)10)5-14(9,11)12/h2-4H,5H2,1H3. The molecular weight excluding hydrogens is 247 g/mol. The fraction of sp³-hybridized carbons (Fsp3) is 0.250. The van der Waals surface area contributed by atoms with Gasteiger partial charge in [0.1, 0.15) is 5.82 Å². The smallest absolute Gasteiger partial charge is 0.212 e. The van der Waals surface area contributed by atoms with Crippen LogP contribution in [-0.2, 0) is 14.8 Å². The molecule has 0 N–H and O–H groups in total. The second-order valence-electron chi connectivity index (χ2n) is 2.65. The molecule has 0 fully saturated rings. The first kappa shape index (κ1) is 11.8. The van der Waals surface area contributed by atoms with Gasteiger partial charge in [0.25, 0.3) is 0 Å². The number of thioether (sulfide) groups is 1. The molecule has 1 aromatic rings. The van der Waals surface area contributed by atoms with Crippen LogP contribution in [0.4, 0.5) is 4.39 Å². The molecule has 6 heteroatoms. The fourth-order valence-electron chi connectivity index (χ4n) is 0.993. The molecule has 0 atom stereocenters. The van der Waals surface area contributed by atoms with Gasteiger partial charge < -0.3 is 0 Å². The van der Waals surface area contributed by atoms with Gasteiger partial charge in [-0.05, 0) is 24.0 Å². The van der Waals surface area contributed by atoms with Gasteiger partial charge in [0.05, 0.1) is 5.75 Å². The summed E-state index contributed by atoms with van der Waals surface area (Å²) in [5.41, 5.74) is 0.491. The Hall–Kier alpha value is -0.260. The van der Waals surface area contributed by atoms with Gasteiger partial charge in [-0.25, -0.2) is 12.8 Å². The van der Waals surface area contributed by atoms with Crippen LogP contribution in [0.2, 0.25) is 0 Å². The van der Waals surface area contributed by atoms with Crippen molar-refractivity contribution in [3.8, 4) is 0 Å². The van der Waals surface area contributed by atoms with Gasteiger partial charge in [0.15, 0.2) is 0 Å². The highest BCUT2D eigenvalue weighted by molar-refractivity contribution is 8.13. The third-order valence-electron chi connectivity index (χ3n) is 1.55. The molecule has 0 spiro atoms. The number of hydrogen-bond acceptors (Lipinski definition) is 3. The van der Waals surface area contributed by atoms with E-state index in [1.807, 2.05) is 0 Å². The molecule has 0 saturated carbocycles. The number of hydrogen-bond donors (Lipinski definition) is 0. The van der Waals surface area contributed by atoms with Crippen LogP contribution in [0.15, 0.2) is 23.1 Å². The summed E-state index contributed by atoms with van der Waals surface area (Å²) in [4.78, 5) is 0.419. The minimum absolute atomic E-state index is 0.275. The zero-order valence-electron chi connectivity index (χ0n) is 7.33. The maximum Gasteiger partial charge on any atom is 0.236 e. The molecule has 0 bridgehead atoms. The Morgan fingerprint density at radius 3 is 2.64 bits per heavy atom. The van der Waals surface area contributed by atoms with Gasteiger partial charge in [-0.1, -0.05) is 6.07 Å². The van der Waals surface area contributed by atoms with Crippen LogP contribution in [0, 0.1) is 5.82 Å². The SMILES string of the molecule is CSc1cc(CS(=O)(=O)Cl)ccc1F. The van der Waals surface area contributed by atoms with Crippen molar-refractivity contribution in [2.24, 2.45) is 0 Å². The lowest BCUT2D eigenvalue weighted by atomic mass is 10.2. The van der Waals surface area contributed by atoms with Gasteiger partial charge in [0.2, 0.25) is 9.05 Å². The van der Waals surface area contributed by atoms with E-state index in [0.29, 0.717) is 10.5 Å². The molecule has 0 unspecified atom stereocenters. The predicted molar refractivity (Wildman–Crippen MR) is 56.7 cm³/mol. The number of benzene rings is 1. The summed E-state index contributed by atoms with van der Waals surface area (Å²) >= 11 is 1.22. The Labute approximate surface area is 90.9 Å². The normalized spacial score (nSPS) is 11.6. The lowest BCUT2D eigenvalue weighted by Gasteiger charge is -2.02. The van der Waals surface area contributed by atoms with E-state index < -0.39 is 9.05 Å². The van der Waals surface area contributed by atoms with E-state index in [0.717, 1.165) is 0 Å². The van der Waals surface area contributed by atoms with Gasteiger partial charge in [-0.3, -0.25) is 0 Å². The molecule has 0 saturated heterocycles. The maximum atomic E-state index is 13.0. The third kappa shape index (κ3) is 3.48. The van der Waals surface area contributed by atoms with Crippen molar-refractivity contribution >= 4 is 31.5 Å². The molecule has 78 valence electrons. The lowest BCUT2D eigenvalue weighted by Crippen LogP contribution is -1.95. The molecule has 2 nitrogen and oxygen atoms in total. The van der Waals surface area contributed by atoms with E-state index in [-0.39, 0.29) is 11.6 Å². The highest BCUT2D eigenvalue weighted by Gasteiger charge is 2.09. The maximum absolute atomic E-state index is 13.0. The van der Waals surface area contributed by atoms with E-state index in [1.165, 1.54) is 30.0 Å². The van der Waals surface area contributed by atoms with E-state index in [4.69, 9.17) is 10.7 Å². The van der Waals surface area contributed by atoms with Gasteiger partial charge in [-0.15, -0.1) is 11.8 Å². The summed E-state index contributed by atoms with van der Waals surface area (Å²) < 4.78 is 34.5. The third-order valence-corrected chi connectivity index (χ3v) is 3.31. The van der Waals surface area contributed by atoms with Crippen LogP contribution in [-0.4, -0.2) is 14.7 Å². The van der Waals surface area contributed by atoms with Crippen LogP contribution in [0.5, 0.6) is 0 Å². The summed E-state index contributed by atoms with van der Waals surface area (Å²) in [5, 5.41) is 0. The lowest BCUT2D eigenvalue weighted by molar-refractivity contribution is 0.599. The molecule has 0 amide bonds. The summed E-state index contributed by atoms with van der Waals surface area (Å²) in [6.07, 6.45) is 1.72. The van der Waals surface area contributed by atoms with E-state index >= 15 is 0 Å². The molecule has 1 aromatic carbocycles. The molecule has 0 aliphatic rings. The molecular formula is C8H8ClFO2S2. The molecule has 1 rings (SSSR count). The summed E-state index contributed by atoms with van der Waals surface area (Å²) in [5.74, 6) is -0.629. The monoisotopic (exact) mass is 254 g/mol. The zero-order valence-corrected chi connectivity index (χ0v) is 9.72. The highest BCUT2D eigenvalue weighted by atomic mass is 35.7. The molecule has 14 heavy (non-hydrogen) atoms. The quantitative estimate of drug-likeness (QED) is 0.614. The van der Waals surface area contributed by atoms with Gasteiger partial charge in [-0.2, -0.15) is 0 Å². The molecule has 0 heterocycles. The topological polar surface area (TPSA) is 34.1 Å². The Morgan fingerprint density at radius 2 is 2.14 bits per heavy atom. The Morgan fingerprint density at radius 1 is 1.50 bits per heavy atom. The van der Waals surface area contributed by atoms with Crippen LogP contribution in [0.3, 0.4) is 0 Å².